The number of imidazole rings is 1. The van der Waals surface area contributed by atoms with Gasteiger partial charge in [0.25, 0.3) is 0 Å². The van der Waals surface area contributed by atoms with Crippen molar-refractivity contribution in [3.05, 3.63) is 69.9 Å². The topological polar surface area (TPSA) is 58.8 Å². The molecule has 0 amide bonds. The molecule has 2 N–H and O–H groups in total. The second-order valence-electron chi connectivity index (χ2n) is 6.26. The Kier molecular flexibility index (Phi) is 4.65. The number of fused-ring (bicyclic) bond motifs is 1. The molecular weight excluding hydrogens is 453 g/mol. The van der Waals surface area contributed by atoms with Crippen LogP contribution in [0.2, 0.25) is 0 Å². The summed E-state index contributed by atoms with van der Waals surface area (Å²) >= 11 is 2.29. The number of ether oxygens (including phenoxy) is 1. The fraction of sp³-hybridized carbons (Fsp3) is 0.0952. The normalized spacial score (nSPS) is 10.9. The SMILES string of the molecule is COc1cc(-c2nc3ccc(I)cn3c2Nc2ccc(C)cc2)ccc1O. The Bertz CT molecular complexity index is 1120. The fourth-order valence-electron chi connectivity index (χ4n) is 2.94. The molecule has 0 atom stereocenters. The lowest BCUT2D eigenvalue weighted by Gasteiger charge is -2.11. The summed E-state index contributed by atoms with van der Waals surface area (Å²) in [6.45, 7) is 2.06. The third-order valence-corrected chi connectivity index (χ3v) is 4.99. The Hall–Kier alpha value is -2.74. The summed E-state index contributed by atoms with van der Waals surface area (Å²) in [5.74, 6) is 1.38. The van der Waals surface area contributed by atoms with Crippen molar-refractivity contribution in [3.8, 4) is 22.8 Å². The molecule has 0 aliphatic rings. The highest BCUT2D eigenvalue weighted by Gasteiger charge is 2.16. The van der Waals surface area contributed by atoms with Crippen molar-refractivity contribution in [2.45, 2.75) is 6.92 Å². The number of nitrogens with one attached hydrogen (secondary N) is 1. The van der Waals surface area contributed by atoms with Crippen molar-refractivity contribution in [2.75, 3.05) is 12.4 Å². The van der Waals surface area contributed by atoms with E-state index in [2.05, 4.69) is 47.0 Å². The number of aromatic hydroxyl groups is 1. The van der Waals surface area contributed by atoms with Crippen molar-refractivity contribution < 1.29 is 9.84 Å². The number of anilines is 2. The monoisotopic (exact) mass is 471 g/mol. The molecule has 2 aromatic heterocycles. The van der Waals surface area contributed by atoms with E-state index in [1.165, 1.54) is 12.7 Å². The average molecular weight is 471 g/mol. The number of halogens is 1. The summed E-state index contributed by atoms with van der Waals surface area (Å²) in [7, 11) is 1.54. The summed E-state index contributed by atoms with van der Waals surface area (Å²) in [6.07, 6.45) is 2.04. The van der Waals surface area contributed by atoms with E-state index in [0.717, 1.165) is 32.0 Å². The summed E-state index contributed by atoms with van der Waals surface area (Å²) in [5.41, 5.74) is 4.67. The Balaban J connectivity index is 1.90. The van der Waals surface area contributed by atoms with Crippen molar-refractivity contribution in [3.63, 3.8) is 0 Å². The number of aromatic nitrogens is 2. The molecule has 27 heavy (non-hydrogen) atoms. The lowest BCUT2D eigenvalue weighted by atomic mass is 10.1. The second-order valence-corrected chi connectivity index (χ2v) is 7.51. The average Bonchev–Trinajstić information content (AvgIpc) is 3.01. The van der Waals surface area contributed by atoms with Crippen molar-refractivity contribution in [2.24, 2.45) is 0 Å². The van der Waals surface area contributed by atoms with Crippen LogP contribution in [0.3, 0.4) is 0 Å². The highest BCUT2D eigenvalue weighted by Crippen LogP contribution is 2.36. The molecule has 4 aromatic rings. The number of pyridine rings is 1. The van der Waals surface area contributed by atoms with Gasteiger partial charge in [-0.1, -0.05) is 17.7 Å². The predicted octanol–water partition coefficient (Wildman–Crippen LogP) is 5.37. The van der Waals surface area contributed by atoms with Crippen molar-refractivity contribution >= 4 is 39.7 Å². The summed E-state index contributed by atoms with van der Waals surface area (Å²) in [6, 6.07) is 17.5. The Morgan fingerprint density at radius 1 is 1.07 bits per heavy atom. The zero-order valence-corrected chi connectivity index (χ0v) is 17.1. The Morgan fingerprint density at radius 2 is 1.85 bits per heavy atom. The molecule has 0 radical (unpaired) electrons. The van der Waals surface area contributed by atoms with E-state index >= 15 is 0 Å². The molecule has 2 heterocycles. The third-order valence-electron chi connectivity index (χ3n) is 4.35. The number of hydrogen-bond donors (Lipinski definition) is 2. The molecular formula is C21H18IN3O2. The molecule has 0 fully saturated rings. The molecule has 5 nitrogen and oxygen atoms in total. The summed E-state index contributed by atoms with van der Waals surface area (Å²) in [4.78, 5) is 4.80. The van der Waals surface area contributed by atoms with E-state index in [1.54, 1.807) is 12.1 Å². The third kappa shape index (κ3) is 3.44. The smallest absolute Gasteiger partial charge is 0.161 e. The van der Waals surface area contributed by atoms with Crippen LogP contribution in [0.1, 0.15) is 5.56 Å². The molecule has 0 aliphatic carbocycles. The Labute approximate surface area is 170 Å². The van der Waals surface area contributed by atoms with Crippen LogP contribution in [-0.2, 0) is 0 Å². The maximum atomic E-state index is 9.92. The van der Waals surface area contributed by atoms with Crippen molar-refractivity contribution in [1.29, 1.82) is 0 Å². The standard InChI is InChI=1S/C21H18IN3O2/c1-13-3-7-16(8-4-13)23-21-20(14-5-9-17(26)18(11-14)27-2)24-19-10-6-15(22)12-25(19)21/h3-12,23,26H,1-2H3. The maximum Gasteiger partial charge on any atom is 0.161 e. The predicted molar refractivity (Wildman–Crippen MR) is 116 cm³/mol. The van der Waals surface area contributed by atoms with Gasteiger partial charge in [0.15, 0.2) is 11.5 Å². The van der Waals surface area contributed by atoms with Crippen LogP contribution in [-0.4, -0.2) is 21.6 Å². The van der Waals surface area contributed by atoms with Gasteiger partial charge in [-0.05, 0) is 72.0 Å². The number of rotatable bonds is 4. The molecule has 0 aliphatic heterocycles. The minimum Gasteiger partial charge on any atom is -0.504 e. The molecule has 2 aromatic carbocycles. The number of methoxy groups -OCH3 is 1. The number of phenolic OH excluding ortho intramolecular Hbond substituents is 1. The summed E-state index contributed by atoms with van der Waals surface area (Å²) < 4.78 is 8.41. The first kappa shape index (κ1) is 17.7. The molecule has 136 valence electrons. The van der Waals surface area contributed by atoms with Crippen LogP contribution < -0.4 is 10.1 Å². The largest absolute Gasteiger partial charge is 0.504 e. The van der Waals surface area contributed by atoms with E-state index in [9.17, 15) is 5.11 Å². The van der Waals surface area contributed by atoms with Gasteiger partial charge in [0, 0.05) is 21.0 Å². The molecule has 0 unspecified atom stereocenters. The number of aryl methyl sites for hydroxylation is 1. The minimum absolute atomic E-state index is 0.104. The van der Waals surface area contributed by atoms with Crippen LogP contribution >= 0.6 is 22.6 Å². The van der Waals surface area contributed by atoms with Gasteiger partial charge >= 0.3 is 0 Å². The van der Waals surface area contributed by atoms with E-state index in [0.29, 0.717) is 5.75 Å². The number of phenols is 1. The lowest BCUT2D eigenvalue weighted by Crippen LogP contribution is -1.97. The van der Waals surface area contributed by atoms with E-state index < -0.39 is 0 Å². The zero-order valence-electron chi connectivity index (χ0n) is 14.9. The van der Waals surface area contributed by atoms with Gasteiger partial charge in [-0.25, -0.2) is 4.98 Å². The van der Waals surface area contributed by atoms with Crippen LogP contribution in [0.5, 0.6) is 11.5 Å². The van der Waals surface area contributed by atoms with E-state index in [1.807, 2.05) is 40.9 Å². The first-order valence-corrected chi connectivity index (χ1v) is 9.52. The molecule has 0 saturated carbocycles. The molecule has 6 heteroatoms. The summed E-state index contributed by atoms with van der Waals surface area (Å²) in [5, 5.41) is 13.4. The van der Waals surface area contributed by atoms with Crippen LogP contribution in [0.4, 0.5) is 11.5 Å². The van der Waals surface area contributed by atoms with Crippen LogP contribution in [0.25, 0.3) is 16.9 Å². The van der Waals surface area contributed by atoms with E-state index in [-0.39, 0.29) is 5.75 Å². The molecule has 4 rings (SSSR count). The first-order valence-electron chi connectivity index (χ1n) is 8.44. The van der Waals surface area contributed by atoms with Gasteiger partial charge in [-0.2, -0.15) is 0 Å². The number of benzene rings is 2. The highest BCUT2D eigenvalue weighted by molar-refractivity contribution is 14.1. The maximum absolute atomic E-state index is 9.92. The van der Waals surface area contributed by atoms with Gasteiger partial charge in [-0.3, -0.25) is 4.40 Å². The number of hydrogen-bond acceptors (Lipinski definition) is 4. The Morgan fingerprint density at radius 3 is 2.59 bits per heavy atom. The van der Waals surface area contributed by atoms with Crippen LogP contribution in [0.15, 0.2) is 60.8 Å². The molecule has 0 saturated heterocycles. The fourth-order valence-corrected chi connectivity index (χ4v) is 3.40. The first-order chi connectivity index (χ1) is 13.0. The quantitative estimate of drug-likeness (QED) is 0.393. The zero-order chi connectivity index (χ0) is 19.0. The van der Waals surface area contributed by atoms with Crippen LogP contribution in [0, 0.1) is 10.5 Å². The highest BCUT2D eigenvalue weighted by atomic mass is 127. The van der Waals surface area contributed by atoms with Gasteiger partial charge < -0.3 is 15.2 Å². The second kappa shape index (κ2) is 7.11. The van der Waals surface area contributed by atoms with Gasteiger partial charge in [0.05, 0.1) is 7.11 Å². The van der Waals surface area contributed by atoms with Gasteiger partial charge in [-0.15, -0.1) is 0 Å². The molecule has 0 bridgehead atoms. The number of nitrogens with zero attached hydrogens (tertiary/aromatic N) is 2. The lowest BCUT2D eigenvalue weighted by molar-refractivity contribution is 0.373. The molecule has 0 spiro atoms. The van der Waals surface area contributed by atoms with Gasteiger partial charge in [0.2, 0.25) is 0 Å². The van der Waals surface area contributed by atoms with Crippen molar-refractivity contribution in [1.82, 2.24) is 9.38 Å². The van der Waals surface area contributed by atoms with Gasteiger partial charge in [0.1, 0.15) is 17.2 Å². The van der Waals surface area contributed by atoms with E-state index in [4.69, 9.17) is 9.72 Å². The minimum atomic E-state index is 0.104.